The Morgan fingerprint density at radius 1 is 0.909 bits per heavy atom. The second-order valence-corrected chi connectivity index (χ2v) is 7.82. The van der Waals surface area contributed by atoms with Crippen molar-refractivity contribution >= 4 is 17.5 Å². The number of para-hydroxylation sites is 1. The van der Waals surface area contributed by atoms with Gasteiger partial charge in [0, 0.05) is 38.8 Å². The zero-order valence-corrected chi connectivity index (χ0v) is 18.1. The van der Waals surface area contributed by atoms with Gasteiger partial charge in [0.1, 0.15) is 18.0 Å². The lowest BCUT2D eigenvalue weighted by atomic mass is 10.2. The lowest BCUT2D eigenvalue weighted by molar-refractivity contribution is 0.102. The molecular formula is C24H24N8O. The molecule has 0 unspecified atom stereocenters. The molecule has 1 aliphatic rings. The van der Waals surface area contributed by atoms with Gasteiger partial charge in [-0.15, -0.1) is 5.10 Å². The van der Waals surface area contributed by atoms with E-state index < -0.39 is 0 Å². The van der Waals surface area contributed by atoms with E-state index >= 15 is 0 Å². The zero-order valence-electron chi connectivity index (χ0n) is 18.1. The van der Waals surface area contributed by atoms with E-state index in [1.165, 1.54) is 22.9 Å². The van der Waals surface area contributed by atoms with E-state index in [1.807, 2.05) is 36.4 Å². The maximum Gasteiger partial charge on any atom is 0.279 e. The summed E-state index contributed by atoms with van der Waals surface area (Å²) >= 11 is 0. The molecule has 0 aliphatic carbocycles. The van der Waals surface area contributed by atoms with Crippen LogP contribution in [0, 0.1) is 0 Å². The van der Waals surface area contributed by atoms with Crippen LogP contribution in [0.2, 0.25) is 0 Å². The summed E-state index contributed by atoms with van der Waals surface area (Å²) in [4.78, 5) is 27.3. The van der Waals surface area contributed by atoms with Crippen molar-refractivity contribution in [2.45, 2.75) is 6.54 Å². The molecule has 1 N–H and O–H groups in total. The number of anilines is 2. The van der Waals surface area contributed by atoms with Gasteiger partial charge in [0.25, 0.3) is 5.91 Å². The topological polar surface area (TPSA) is 92.1 Å². The summed E-state index contributed by atoms with van der Waals surface area (Å²) in [7, 11) is 0. The average Bonchev–Trinajstić information content (AvgIpc) is 3.37. The molecule has 33 heavy (non-hydrogen) atoms. The van der Waals surface area contributed by atoms with Crippen molar-refractivity contribution in [3.05, 3.63) is 90.5 Å². The van der Waals surface area contributed by atoms with Gasteiger partial charge >= 0.3 is 0 Å². The minimum absolute atomic E-state index is 0.216. The summed E-state index contributed by atoms with van der Waals surface area (Å²) in [5.74, 6) is 0.869. The molecule has 1 aliphatic heterocycles. The van der Waals surface area contributed by atoms with Crippen molar-refractivity contribution in [3.8, 4) is 5.69 Å². The molecule has 3 heterocycles. The lowest BCUT2D eigenvalue weighted by Gasteiger charge is -2.35. The number of benzene rings is 2. The third-order valence-corrected chi connectivity index (χ3v) is 5.55. The molecule has 1 fully saturated rings. The Balaban J connectivity index is 1.19. The maximum atomic E-state index is 12.7. The Bertz CT molecular complexity index is 1200. The highest BCUT2D eigenvalue weighted by molar-refractivity contribution is 6.02. The predicted octanol–water partition coefficient (Wildman–Crippen LogP) is 2.63. The fraction of sp³-hybridized carbons (Fsp3) is 0.208. The number of hydrogen-bond donors (Lipinski definition) is 1. The minimum Gasteiger partial charge on any atom is -0.354 e. The van der Waals surface area contributed by atoms with Gasteiger partial charge in [-0.1, -0.05) is 48.5 Å². The van der Waals surface area contributed by atoms with Crippen LogP contribution in [0.25, 0.3) is 5.69 Å². The second-order valence-electron chi connectivity index (χ2n) is 7.82. The van der Waals surface area contributed by atoms with Gasteiger partial charge in [-0.25, -0.2) is 9.97 Å². The predicted molar refractivity (Wildman–Crippen MR) is 125 cm³/mol. The molecule has 0 radical (unpaired) electrons. The van der Waals surface area contributed by atoms with Crippen LogP contribution in [0.1, 0.15) is 16.1 Å². The van der Waals surface area contributed by atoms with Crippen LogP contribution in [0.15, 0.2) is 79.3 Å². The van der Waals surface area contributed by atoms with Gasteiger partial charge in [-0.2, -0.15) is 9.90 Å². The van der Waals surface area contributed by atoms with Crippen molar-refractivity contribution in [2.24, 2.45) is 0 Å². The van der Waals surface area contributed by atoms with E-state index in [4.69, 9.17) is 0 Å². The number of carbonyl (C=O) groups is 1. The van der Waals surface area contributed by atoms with Crippen molar-refractivity contribution in [2.75, 3.05) is 36.4 Å². The van der Waals surface area contributed by atoms with Gasteiger partial charge < -0.3 is 10.2 Å². The number of carbonyl (C=O) groups excluding carboxylic acids is 1. The highest BCUT2D eigenvalue weighted by Gasteiger charge is 2.19. The minimum atomic E-state index is -0.366. The van der Waals surface area contributed by atoms with E-state index in [0.29, 0.717) is 5.82 Å². The first-order chi connectivity index (χ1) is 16.2. The first-order valence-electron chi connectivity index (χ1n) is 10.9. The number of rotatable bonds is 6. The zero-order chi connectivity index (χ0) is 22.5. The van der Waals surface area contributed by atoms with E-state index in [9.17, 15) is 4.79 Å². The van der Waals surface area contributed by atoms with Gasteiger partial charge in [-0.05, 0) is 17.7 Å². The first kappa shape index (κ1) is 20.8. The average molecular weight is 441 g/mol. The van der Waals surface area contributed by atoms with E-state index in [2.05, 4.69) is 59.5 Å². The summed E-state index contributed by atoms with van der Waals surface area (Å²) in [6, 6.07) is 21.7. The summed E-state index contributed by atoms with van der Waals surface area (Å²) in [5.41, 5.74) is 2.32. The molecule has 0 saturated carbocycles. The van der Waals surface area contributed by atoms with E-state index in [-0.39, 0.29) is 11.6 Å². The summed E-state index contributed by atoms with van der Waals surface area (Å²) in [5, 5.41) is 11.2. The van der Waals surface area contributed by atoms with Crippen LogP contribution in [-0.4, -0.2) is 61.9 Å². The van der Waals surface area contributed by atoms with Crippen LogP contribution in [0.5, 0.6) is 0 Å². The van der Waals surface area contributed by atoms with Crippen molar-refractivity contribution < 1.29 is 4.79 Å². The molecule has 1 saturated heterocycles. The maximum absolute atomic E-state index is 12.7. The summed E-state index contributed by atoms with van der Waals surface area (Å²) in [6.07, 6.45) is 2.92. The van der Waals surface area contributed by atoms with Crippen LogP contribution >= 0.6 is 0 Å². The molecule has 5 rings (SSSR count). The van der Waals surface area contributed by atoms with Crippen molar-refractivity contribution in [1.82, 2.24) is 29.9 Å². The smallest absolute Gasteiger partial charge is 0.279 e. The van der Waals surface area contributed by atoms with Gasteiger partial charge in [-0.3, -0.25) is 9.69 Å². The highest BCUT2D eigenvalue weighted by Crippen LogP contribution is 2.18. The molecular weight excluding hydrogens is 416 g/mol. The molecule has 4 aromatic rings. The number of amides is 1. The number of piperazine rings is 1. The molecule has 9 nitrogen and oxygen atoms in total. The van der Waals surface area contributed by atoms with Gasteiger partial charge in [0.2, 0.25) is 0 Å². The molecule has 1 amide bonds. The molecule has 0 bridgehead atoms. The summed E-state index contributed by atoms with van der Waals surface area (Å²) in [6.45, 7) is 4.57. The largest absolute Gasteiger partial charge is 0.354 e. The molecule has 9 heteroatoms. The Kier molecular flexibility index (Phi) is 6.03. The van der Waals surface area contributed by atoms with Crippen molar-refractivity contribution in [3.63, 3.8) is 0 Å². The third kappa shape index (κ3) is 5.04. The lowest BCUT2D eigenvalue weighted by Crippen LogP contribution is -2.46. The molecule has 0 atom stereocenters. The van der Waals surface area contributed by atoms with E-state index in [1.54, 1.807) is 6.07 Å². The number of aromatic nitrogens is 5. The molecule has 2 aromatic heterocycles. The van der Waals surface area contributed by atoms with E-state index in [0.717, 1.165) is 44.2 Å². The molecule has 0 spiro atoms. The fourth-order valence-corrected chi connectivity index (χ4v) is 3.80. The third-order valence-electron chi connectivity index (χ3n) is 5.55. The Labute approximate surface area is 191 Å². The van der Waals surface area contributed by atoms with Gasteiger partial charge in [0.05, 0.1) is 11.9 Å². The Hall–Kier alpha value is -4.11. The fourth-order valence-electron chi connectivity index (χ4n) is 3.80. The van der Waals surface area contributed by atoms with Crippen LogP contribution < -0.4 is 10.2 Å². The second kappa shape index (κ2) is 9.58. The number of hydrogen-bond acceptors (Lipinski definition) is 7. The number of nitrogens with one attached hydrogen (secondary N) is 1. The normalized spacial score (nSPS) is 14.2. The Morgan fingerprint density at radius 2 is 1.64 bits per heavy atom. The molecule has 166 valence electrons. The quantitative estimate of drug-likeness (QED) is 0.493. The highest BCUT2D eigenvalue weighted by atomic mass is 16.2. The summed E-state index contributed by atoms with van der Waals surface area (Å²) < 4.78 is 0. The SMILES string of the molecule is O=C(Nc1cc(N2CCN(Cc3ccccc3)CC2)ncn1)c1cnn(-c2ccccc2)n1. The van der Waals surface area contributed by atoms with Crippen LogP contribution in [-0.2, 0) is 6.54 Å². The first-order valence-corrected chi connectivity index (χ1v) is 10.9. The van der Waals surface area contributed by atoms with Crippen LogP contribution in [0.4, 0.5) is 11.6 Å². The number of nitrogens with zero attached hydrogens (tertiary/aromatic N) is 7. The van der Waals surface area contributed by atoms with Crippen LogP contribution in [0.3, 0.4) is 0 Å². The van der Waals surface area contributed by atoms with Crippen molar-refractivity contribution in [1.29, 1.82) is 0 Å². The molecule has 2 aromatic carbocycles. The van der Waals surface area contributed by atoms with Gasteiger partial charge in [0.15, 0.2) is 5.69 Å². The standard InChI is InChI=1S/C24H24N8O/c33-24(21-16-27-32(29-21)20-9-5-2-6-10-20)28-22-15-23(26-18-25-22)31-13-11-30(12-14-31)17-19-7-3-1-4-8-19/h1-10,15-16,18H,11-14,17H2,(H,25,26,28,33). The monoisotopic (exact) mass is 440 g/mol. The Morgan fingerprint density at radius 3 is 2.39 bits per heavy atom.